The molecule has 280 valence electrons. The average molecular weight is 750 g/mol. The van der Waals surface area contributed by atoms with E-state index in [1.165, 1.54) is 11.1 Å². The summed E-state index contributed by atoms with van der Waals surface area (Å²) < 4.78 is 36.4. The van der Waals surface area contributed by atoms with Crippen LogP contribution in [0.1, 0.15) is 91.9 Å². The van der Waals surface area contributed by atoms with Crippen molar-refractivity contribution in [3.8, 4) is 5.75 Å². The zero-order chi connectivity index (χ0) is 36.7. The molecule has 1 aliphatic carbocycles. The summed E-state index contributed by atoms with van der Waals surface area (Å²) in [7, 11) is 0.0658. The summed E-state index contributed by atoms with van der Waals surface area (Å²) >= 11 is 6.48. The molecule has 10 nitrogen and oxygen atoms in total. The number of benzene rings is 2. The number of halogens is 1. The van der Waals surface area contributed by atoms with Crippen molar-refractivity contribution in [2.45, 2.75) is 95.5 Å². The van der Waals surface area contributed by atoms with E-state index in [9.17, 15) is 13.8 Å². The second-order valence-electron chi connectivity index (χ2n) is 14.3. The molecule has 3 aliphatic rings. The van der Waals surface area contributed by atoms with Gasteiger partial charge in [-0.05, 0) is 117 Å². The third kappa shape index (κ3) is 9.09. The van der Waals surface area contributed by atoms with Gasteiger partial charge in [0.05, 0.1) is 23.6 Å². The number of nitrogens with zero attached hydrogens (tertiary/aromatic N) is 4. The van der Waals surface area contributed by atoms with Crippen LogP contribution in [0.5, 0.6) is 5.75 Å². The lowest BCUT2D eigenvalue weighted by Crippen LogP contribution is -2.43. The van der Waals surface area contributed by atoms with Crippen LogP contribution in [0.3, 0.4) is 0 Å². The Labute approximate surface area is 313 Å². The Morgan fingerprint density at radius 1 is 1.12 bits per heavy atom. The standard InChI is InChI=1S/C40H52ClN5O5S/c1-4-9-34-11-5-6-12-37(50-3)35-18-14-31(35)27-46-26-30-13-16-32(41)24-28(30)10-7-8-23-51-38-19-15-29(25-36(38)46)40(48)44-52(34,49)43-39(47)20-17-33-21-22-42-45(33)2/h6,12-13,15-16,19,21-22,24-25,31,34-35,37H,4-5,7-11,14,17-18,20,23,26-27H2,1-3H3,(H,43,44,47,48,49)/b12-6+/t31-,34+,35+,37-,52?/m0/s1. The zero-order valence-corrected chi connectivity index (χ0v) is 32.2. The van der Waals surface area contributed by atoms with Crippen LogP contribution in [-0.4, -0.2) is 57.4 Å². The summed E-state index contributed by atoms with van der Waals surface area (Å²) in [6, 6.07) is 13.3. The lowest BCUT2D eigenvalue weighted by Gasteiger charge is -2.43. The van der Waals surface area contributed by atoms with Crippen molar-refractivity contribution in [1.29, 1.82) is 0 Å². The lowest BCUT2D eigenvalue weighted by molar-refractivity contribution is -0.119. The monoisotopic (exact) mass is 749 g/mol. The van der Waals surface area contributed by atoms with Gasteiger partial charge in [0.1, 0.15) is 15.7 Å². The van der Waals surface area contributed by atoms with Gasteiger partial charge in [-0.25, -0.2) is 4.21 Å². The number of rotatable bonds is 7. The Hall–Kier alpha value is -3.67. The molecule has 2 amide bonds. The minimum absolute atomic E-state index is 0.0595. The average Bonchev–Trinajstić information content (AvgIpc) is 3.52. The molecule has 12 heteroatoms. The smallest absolute Gasteiger partial charge is 0.286 e. The zero-order valence-electron chi connectivity index (χ0n) is 30.6. The van der Waals surface area contributed by atoms with Gasteiger partial charge in [-0.1, -0.05) is 43.2 Å². The summed E-state index contributed by atoms with van der Waals surface area (Å²) in [6.07, 6.45) is 13.6. The number of allylic oxidation sites excluding steroid dienone is 1. The largest absolute Gasteiger partial charge is 0.491 e. The molecule has 52 heavy (non-hydrogen) atoms. The molecule has 2 aliphatic heterocycles. The van der Waals surface area contributed by atoms with Gasteiger partial charge in [-0.3, -0.25) is 19.0 Å². The minimum Gasteiger partial charge on any atom is -0.491 e. The molecule has 1 N–H and O–H groups in total. The molecule has 2 bridgehead atoms. The Morgan fingerprint density at radius 3 is 2.73 bits per heavy atom. The molecule has 1 aromatic heterocycles. The van der Waals surface area contributed by atoms with Crippen LogP contribution >= 0.6 is 11.6 Å². The van der Waals surface area contributed by atoms with Gasteiger partial charge in [-0.15, -0.1) is 4.36 Å². The highest BCUT2D eigenvalue weighted by Gasteiger charge is 2.38. The van der Waals surface area contributed by atoms with Crippen molar-refractivity contribution in [1.82, 2.24) is 14.5 Å². The molecule has 1 fully saturated rings. The highest BCUT2D eigenvalue weighted by molar-refractivity contribution is 7.93. The molecule has 0 radical (unpaired) electrons. The van der Waals surface area contributed by atoms with E-state index in [1.807, 2.05) is 38.2 Å². The number of ether oxygens (including phenoxy) is 2. The number of nitrogens with one attached hydrogen (secondary N) is 1. The van der Waals surface area contributed by atoms with Crippen molar-refractivity contribution in [3.63, 3.8) is 0 Å². The Balaban J connectivity index is 1.43. The third-order valence-corrected chi connectivity index (χ3v) is 13.4. The number of hydrogen-bond acceptors (Lipinski definition) is 7. The topological polar surface area (TPSA) is 115 Å². The van der Waals surface area contributed by atoms with Crippen molar-refractivity contribution >= 4 is 39.0 Å². The summed E-state index contributed by atoms with van der Waals surface area (Å²) in [6.45, 7) is 3.90. The van der Waals surface area contributed by atoms with E-state index < -0.39 is 27.0 Å². The van der Waals surface area contributed by atoms with E-state index in [4.69, 9.17) is 21.1 Å². The molecule has 1 unspecified atom stereocenters. The Bertz CT molecular complexity index is 1880. The number of carbonyl (C=O) groups excluding carboxylic acids is 2. The molecular formula is C40H52ClN5O5S. The number of anilines is 1. The van der Waals surface area contributed by atoms with Crippen molar-refractivity contribution in [3.05, 3.63) is 88.2 Å². The maximum absolute atomic E-state index is 15.0. The number of aryl methyl sites for hydroxylation is 3. The van der Waals surface area contributed by atoms with E-state index in [1.54, 1.807) is 24.1 Å². The fourth-order valence-corrected chi connectivity index (χ4v) is 10.1. The molecule has 3 aromatic rings. The van der Waals surface area contributed by atoms with Crippen LogP contribution in [0.4, 0.5) is 5.69 Å². The number of methoxy groups -OCH3 is 1. The predicted molar refractivity (Wildman–Crippen MR) is 206 cm³/mol. The van der Waals surface area contributed by atoms with Gasteiger partial charge in [0.2, 0.25) is 5.91 Å². The molecule has 3 heterocycles. The molecule has 5 atom stereocenters. The van der Waals surface area contributed by atoms with Crippen LogP contribution in [0, 0.1) is 11.8 Å². The van der Waals surface area contributed by atoms with Crippen molar-refractivity contribution in [2.75, 3.05) is 25.2 Å². The molecule has 0 spiro atoms. The van der Waals surface area contributed by atoms with Gasteiger partial charge in [-0.2, -0.15) is 5.10 Å². The molecule has 0 saturated heterocycles. The minimum atomic E-state index is -3.52. The fraction of sp³-hybridized carbons (Fsp3) is 0.525. The van der Waals surface area contributed by atoms with Crippen LogP contribution in [0.25, 0.3) is 0 Å². The van der Waals surface area contributed by atoms with Gasteiger partial charge in [0, 0.05) is 56.1 Å². The number of hydrogen-bond donors (Lipinski definition) is 1. The summed E-state index contributed by atoms with van der Waals surface area (Å²) in [5.74, 6) is 0.362. The van der Waals surface area contributed by atoms with Gasteiger partial charge in [0.25, 0.3) is 5.91 Å². The SMILES string of the molecule is CCC[C@@H]1CC/C=C/[C@H](OC)[C@@H]2CC[C@H]2CN2Cc3ccc(Cl)cc3CCCCOc3ccc(cc32)C(=O)N=S1(=O)NC(=O)CCc1ccnn1C. The highest BCUT2D eigenvalue weighted by Crippen LogP contribution is 2.42. The van der Waals surface area contributed by atoms with E-state index in [2.05, 4.69) is 43.4 Å². The fourth-order valence-electron chi connectivity index (χ4n) is 7.74. The van der Waals surface area contributed by atoms with E-state index in [0.717, 1.165) is 61.5 Å². The normalized spacial score (nSPS) is 26.0. The molecule has 1 saturated carbocycles. The van der Waals surface area contributed by atoms with Gasteiger partial charge < -0.3 is 14.4 Å². The van der Waals surface area contributed by atoms with Crippen molar-refractivity contribution < 1.29 is 23.3 Å². The van der Waals surface area contributed by atoms with Crippen LogP contribution in [0.2, 0.25) is 5.02 Å². The first-order chi connectivity index (χ1) is 25.2. The van der Waals surface area contributed by atoms with Gasteiger partial charge in [0.15, 0.2) is 0 Å². The number of amides is 2. The Kier molecular flexibility index (Phi) is 12.8. The number of carbonyl (C=O) groups is 2. The molecule has 6 rings (SSSR count). The third-order valence-electron chi connectivity index (χ3n) is 10.9. The number of aromatic nitrogens is 2. The summed E-state index contributed by atoms with van der Waals surface area (Å²) in [5, 5.41) is 4.38. The first-order valence-corrected chi connectivity index (χ1v) is 20.7. The Morgan fingerprint density at radius 2 is 1.98 bits per heavy atom. The maximum atomic E-state index is 15.0. The van der Waals surface area contributed by atoms with Gasteiger partial charge >= 0.3 is 0 Å². The molecule has 2 aromatic carbocycles. The first-order valence-electron chi connectivity index (χ1n) is 18.7. The lowest BCUT2D eigenvalue weighted by atomic mass is 9.70. The predicted octanol–water partition coefficient (Wildman–Crippen LogP) is 7.63. The van der Waals surface area contributed by atoms with Crippen LogP contribution in [0.15, 0.2) is 65.2 Å². The number of fused-ring (bicyclic) bond motifs is 3. The summed E-state index contributed by atoms with van der Waals surface area (Å²) in [4.78, 5) is 29.9. The quantitative estimate of drug-likeness (QED) is 0.247. The maximum Gasteiger partial charge on any atom is 0.286 e. The second kappa shape index (κ2) is 17.4. The second-order valence-corrected chi connectivity index (χ2v) is 17.0. The van der Waals surface area contributed by atoms with Crippen molar-refractivity contribution in [2.24, 2.45) is 23.2 Å². The highest BCUT2D eigenvalue weighted by atomic mass is 35.5. The van der Waals surface area contributed by atoms with Crippen LogP contribution in [-0.2, 0) is 45.9 Å². The van der Waals surface area contributed by atoms with E-state index in [-0.39, 0.29) is 12.5 Å². The molecular weight excluding hydrogens is 698 g/mol. The summed E-state index contributed by atoms with van der Waals surface area (Å²) in [5.41, 5.74) is 4.38. The van der Waals surface area contributed by atoms with Crippen LogP contribution < -0.4 is 14.4 Å². The first kappa shape index (κ1) is 38.1. The van der Waals surface area contributed by atoms with E-state index in [0.29, 0.717) is 62.0 Å². The van der Waals surface area contributed by atoms with E-state index >= 15 is 0 Å².